The third kappa shape index (κ3) is 4.22. The Morgan fingerprint density at radius 2 is 1.75 bits per heavy atom. The predicted molar refractivity (Wildman–Crippen MR) is 133 cm³/mol. The van der Waals surface area contributed by atoms with E-state index in [-0.39, 0.29) is 17.3 Å². The highest BCUT2D eigenvalue weighted by Crippen LogP contribution is 2.37. The van der Waals surface area contributed by atoms with Crippen LogP contribution < -0.4 is 20.5 Å². The predicted octanol–water partition coefficient (Wildman–Crippen LogP) is 3.65. The fourth-order valence-corrected chi connectivity index (χ4v) is 4.01. The molecule has 2 aromatic heterocycles. The van der Waals surface area contributed by atoms with Crippen LogP contribution in [0, 0.1) is 5.82 Å². The molecule has 1 aromatic carbocycles. The van der Waals surface area contributed by atoms with Gasteiger partial charge in [0.15, 0.2) is 0 Å². The van der Waals surface area contributed by atoms with Crippen molar-refractivity contribution < 1.29 is 27.8 Å². The molecule has 188 valence electrons. The zero-order chi connectivity index (χ0) is 25.7. The maximum Gasteiger partial charge on any atom is 0.514 e. The minimum absolute atomic E-state index is 0.209. The number of halogens is 1. The van der Waals surface area contributed by atoms with Gasteiger partial charge < -0.3 is 28.8 Å². The lowest BCUT2D eigenvalue weighted by Crippen LogP contribution is -2.41. The third-order valence-corrected chi connectivity index (χ3v) is 6.98. The van der Waals surface area contributed by atoms with Crippen molar-refractivity contribution in [3.05, 3.63) is 47.8 Å². The standard InChI is InChI=1S/C25H28BFN4O5/c1-24(2)25(3,4)36-26(35-24)18-12-11-17(22(29-18)33-5)28-21(32)19-20(15-7-9-16(27)10-8-15)30-34-23(19)31-13-6-14-31/h7-12H,6,13-14H2,1-5H3,(H,28,32). The number of amides is 1. The highest BCUT2D eigenvalue weighted by Gasteiger charge is 2.52. The molecule has 4 heterocycles. The molecule has 0 spiro atoms. The van der Waals surface area contributed by atoms with Crippen molar-refractivity contribution in [2.45, 2.75) is 45.3 Å². The van der Waals surface area contributed by atoms with Crippen molar-refractivity contribution in [2.75, 3.05) is 30.4 Å². The quantitative estimate of drug-likeness (QED) is 0.519. The van der Waals surface area contributed by atoms with E-state index in [9.17, 15) is 9.18 Å². The number of ether oxygens (including phenoxy) is 1. The van der Waals surface area contributed by atoms with Crippen molar-refractivity contribution in [2.24, 2.45) is 0 Å². The summed E-state index contributed by atoms with van der Waals surface area (Å²) >= 11 is 0. The van der Waals surface area contributed by atoms with Crippen LogP contribution in [-0.2, 0) is 9.31 Å². The molecule has 9 nitrogen and oxygen atoms in total. The van der Waals surface area contributed by atoms with E-state index < -0.39 is 24.2 Å². The molecule has 0 atom stereocenters. The Labute approximate surface area is 209 Å². The van der Waals surface area contributed by atoms with E-state index in [1.807, 2.05) is 32.6 Å². The summed E-state index contributed by atoms with van der Waals surface area (Å²) in [6, 6.07) is 9.17. The molecule has 5 rings (SSSR count). The van der Waals surface area contributed by atoms with Gasteiger partial charge in [0.05, 0.1) is 23.9 Å². The lowest BCUT2D eigenvalue weighted by atomic mass is 9.84. The smallest absolute Gasteiger partial charge is 0.480 e. The summed E-state index contributed by atoms with van der Waals surface area (Å²) < 4.78 is 36.7. The van der Waals surface area contributed by atoms with Crippen LogP contribution in [0.5, 0.6) is 5.88 Å². The van der Waals surface area contributed by atoms with Gasteiger partial charge in [-0.2, -0.15) is 0 Å². The lowest BCUT2D eigenvalue weighted by molar-refractivity contribution is 0.00578. The molecule has 11 heteroatoms. The van der Waals surface area contributed by atoms with Crippen LogP contribution >= 0.6 is 0 Å². The van der Waals surface area contributed by atoms with Gasteiger partial charge in [0, 0.05) is 18.7 Å². The zero-order valence-corrected chi connectivity index (χ0v) is 20.9. The van der Waals surface area contributed by atoms with Gasteiger partial charge in [0.2, 0.25) is 11.8 Å². The van der Waals surface area contributed by atoms with Crippen LogP contribution in [0.1, 0.15) is 44.5 Å². The Morgan fingerprint density at radius 3 is 2.33 bits per heavy atom. The van der Waals surface area contributed by atoms with Crippen LogP contribution in [0.4, 0.5) is 16.0 Å². The van der Waals surface area contributed by atoms with Gasteiger partial charge in [0.25, 0.3) is 5.91 Å². The summed E-state index contributed by atoms with van der Waals surface area (Å²) in [6.07, 6.45) is 0.992. The molecule has 1 N–H and O–H groups in total. The zero-order valence-electron chi connectivity index (χ0n) is 20.9. The number of carbonyl (C=O) groups excluding carboxylic acids is 1. The second kappa shape index (κ2) is 8.90. The molecule has 1 amide bonds. The van der Waals surface area contributed by atoms with E-state index in [0.717, 1.165) is 19.5 Å². The molecule has 3 aromatic rings. The molecular weight excluding hydrogens is 466 g/mol. The van der Waals surface area contributed by atoms with E-state index in [2.05, 4.69) is 15.5 Å². The summed E-state index contributed by atoms with van der Waals surface area (Å²) in [7, 11) is 0.802. The number of methoxy groups -OCH3 is 1. The first-order valence-electron chi connectivity index (χ1n) is 11.8. The molecule has 2 fully saturated rings. The van der Waals surface area contributed by atoms with E-state index in [1.54, 1.807) is 24.3 Å². The van der Waals surface area contributed by atoms with Crippen molar-refractivity contribution >= 4 is 30.2 Å². The van der Waals surface area contributed by atoms with Gasteiger partial charge in [-0.15, -0.1) is 0 Å². The molecule has 0 aliphatic carbocycles. The molecular formula is C25H28BFN4O5. The summed E-state index contributed by atoms with van der Waals surface area (Å²) in [5, 5.41) is 7.01. The molecule has 0 bridgehead atoms. The number of carbonyl (C=O) groups is 1. The summed E-state index contributed by atoms with van der Waals surface area (Å²) in [6.45, 7) is 9.37. The topological polar surface area (TPSA) is 99.0 Å². The molecule has 2 aliphatic heterocycles. The average molecular weight is 494 g/mol. The van der Waals surface area contributed by atoms with Crippen LogP contribution in [-0.4, -0.2) is 54.6 Å². The largest absolute Gasteiger partial charge is 0.514 e. The highest BCUT2D eigenvalue weighted by atomic mass is 19.1. The Bertz CT molecular complexity index is 1270. The van der Waals surface area contributed by atoms with Gasteiger partial charge >= 0.3 is 7.12 Å². The monoisotopic (exact) mass is 494 g/mol. The van der Waals surface area contributed by atoms with Crippen LogP contribution in [0.15, 0.2) is 40.9 Å². The number of nitrogens with one attached hydrogen (secondary N) is 1. The van der Waals surface area contributed by atoms with E-state index in [4.69, 9.17) is 18.6 Å². The number of aromatic nitrogens is 2. The fraction of sp³-hybridized carbons (Fsp3) is 0.400. The maximum absolute atomic E-state index is 13.5. The Balaban J connectivity index is 1.44. The first-order valence-corrected chi connectivity index (χ1v) is 11.8. The number of benzene rings is 1. The average Bonchev–Trinajstić information content (AvgIpc) is 3.31. The van der Waals surface area contributed by atoms with Crippen LogP contribution in [0.3, 0.4) is 0 Å². The Morgan fingerprint density at radius 1 is 1.08 bits per heavy atom. The number of hydrogen-bond donors (Lipinski definition) is 1. The second-order valence-corrected chi connectivity index (χ2v) is 9.89. The minimum atomic E-state index is -0.671. The normalized spacial score (nSPS) is 18.2. The number of hydrogen-bond acceptors (Lipinski definition) is 8. The second-order valence-electron chi connectivity index (χ2n) is 9.89. The highest BCUT2D eigenvalue weighted by molar-refractivity contribution is 6.61. The molecule has 2 saturated heterocycles. The van der Waals surface area contributed by atoms with Crippen molar-refractivity contribution in [1.29, 1.82) is 0 Å². The molecule has 0 unspecified atom stereocenters. The Hall–Kier alpha value is -3.44. The SMILES string of the molecule is COc1nc(B2OC(C)(C)C(C)(C)O2)ccc1NC(=O)c1c(-c2ccc(F)cc2)noc1N1CCC1. The van der Waals surface area contributed by atoms with Gasteiger partial charge in [-0.25, -0.2) is 9.37 Å². The fourth-order valence-electron chi connectivity index (χ4n) is 4.01. The summed E-state index contributed by atoms with van der Waals surface area (Å²) in [5.74, 6) is -0.241. The molecule has 0 radical (unpaired) electrons. The minimum Gasteiger partial charge on any atom is -0.480 e. The number of rotatable bonds is 6. The first-order chi connectivity index (χ1) is 17.1. The van der Waals surface area contributed by atoms with Crippen LogP contribution in [0.25, 0.3) is 11.3 Å². The van der Waals surface area contributed by atoms with Gasteiger partial charge in [-0.1, -0.05) is 5.16 Å². The maximum atomic E-state index is 13.5. The van der Waals surface area contributed by atoms with E-state index >= 15 is 0 Å². The van der Waals surface area contributed by atoms with Crippen molar-refractivity contribution in [3.63, 3.8) is 0 Å². The molecule has 2 aliphatic rings. The number of anilines is 2. The summed E-state index contributed by atoms with van der Waals surface area (Å²) in [5.41, 5.74) is 1.02. The van der Waals surface area contributed by atoms with E-state index in [0.29, 0.717) is 28.4 Å². The lowest BCUT2D eigenvalue weighted by Gasteiger charge is -2.32. The molecule has 36 heavy (non-hydrogen) atoms. The van der Waals surface area contributed by atoms with Crippen LogP contribution in [0.2, 0.25) is 0 Å². The van der Waals surface area contributed by atoms with Gasteiger partial charge in [-0.05, 0) is 70.5 Å². The molecule has 0 saturated carbocycles. The van der Waals surface area contributed by atoms with Crippen molar-refractivity contribution in [1.82, 2.24) is 10.1 Å². The van der Waals surface area contributed by atoms with E-state index in [1.165, 1.54) is 19.2 Å². The summed E-state index contributed by atoms with van der Waals surface area (Å²) in [4.78, 5) is 20.0. The van der Waals surface area contributed by atoms with Gasteiger partial charge in [0.1, 0.15) is 22.8 Å². The number of nitrogens with zero attached hydrogens (tertiary/aromatic N) is 3. The Kier molecular flexibility index (Phi) is 6.00. The number of pyridine rings is 1. The van der Waals surface area contributed by atoms with Crippen molar-refractivity contribution in [3.8, 4) is 17.1 Å². The first kappa shape index (κ1) is 24.3. The van der Waals surface area contributed by atoms with Gasteiger partial charge in [-0.3, -0.25) is 4.79 Å². The third-order valence-electron chi connectivity index (χ3n) is 6.98.